The van der Waals surface area contributed by atoms with Crippen LogP contribution in [0.4, 0.5) is 23.2 Å². The van der Waals surface area contributed by atoms with Gasteiger partial charge in [0.1, 0.15) is 6.04 Å². The summed E-state index contributed by atoms with van der Waals surface area (Å²) in [6.07, 6.45) is 0.000154. The zero-order valence-corrected chi connectivity index (χ0v) is 16.7. The van der Waals surface area contributed by atoms with Gasteiger partial charge in [-0.25, -0.2) is 18.0 Å². The second-order valence-electron chi connectivity index (χ2n) is 6.99. The first-order valence-electron chi connectivity index (χ1n) is 9.07. The zero-order chi connectivity index (χ0) is 23.3. The van der Waals surface area contributed by atoms with Crippen molar-refractivity contribution in [1.29, 1.82) is 0 Å². The van der Waals surface area contributed by atoms with Gasteiger partial charge in [-0.3, -0.25) is 4.79 Å². The molecule has 1 amide bonds. The molecule has 0 bridgehead atoms. The van der Waals surface area contributed by atoms with Crippen molar-refractivity contribution in [2.24, 2.45) is 11.0 Å². The number of rotatable bonds is 7. The van der Waals surface area contributed by atoms with Crippen LogP contribution in [0.1, 0.15) is 36.2 Å². The molecule has 0 aliphatic heterocycles. The maximum atomic E-state index is 14.2. The van der Waals surface area contributed by atoms with E-state index in [2.05, 4.69) is 20.1 Å². The quantitative estimate of drug-likeness (QED) is 0.0934. The normalized spacial score (nSPS) is 11.6. The fourth-order valence-corrected chi connectivity index (χ4v) is 2.71. The first-order chi connectivity index (χ1) is 14.6. The Balaban J connectivity index is 2.35. The topological polar surface area (TPSA) is 104 Å². The molecule has 7 nitrogen and oxygen atoms in total. The lowest BCUT2D eigenvalue weighted by Gasteiger charge is -2.20. The molecule has 0 aliphatic rings. The van der Waals surface area contributed by atoms with Crippen molar-refractivity contribution < 1.29 is 31.9 Å². The van der Waals surface area contributed by atoms with Gasteiger partial charge in [0.15, 0.2) is 17.5 Å². The molecule has 2 aromatic rings. The van der Waals surface area contributed by atoms with Crippen LogP contribution >= 0.6 is 0 Å². The number of hydrogen-bond donors (Lipinski definition) is 1. The van der Waals surface area contributed by atoms with Gasteiger partial charge in [-0.1, -0.05) is 37.2 Å². The maximum Gasteiger partial charge on any atom is 0.334 e. The summed E-state index contributed by atoms with van der Waals surface area (Å²) in [7, 11) is 0. The molecule has 1 atom stereocenters. The second kappa shape index (κ2) is 9.94. The van der Waals surface area contributed by atoms with Gasteiger partial charge < -0.3 is 10.1 Å². The Labute approximate surface area is 174 Å². The molecule has 164 valence electrons. The highest BCUT2D eigenvalue weighted by molar-refractivity contribution is 6.00. The smallest absolute Gasteiger partial charge is 0.334 e. The fourth-order valence-electron chi connectivity index (χ4n) is 2.71. The van der Waals surface area contributed by atoms with E-state index in [1.807, 2.05) is 0 Å². The van der Waals surface area contributed by atoms with Crippen LogP contribution in [-0.2, 0) is 4.79 Å². The molecule has 31 heavy (non-hydrogen) atoms. The van der Waals surface area contributed by atoms with Gasteiger partial charge in [-0.15, -0.1) is 0 Å². The fraction of sp³-hybridized carbons (Fsp3) is 0.300. The maximum absolute atomic E-state index is 14.2. The highest BCUT2D eigenvalue weighted by atomic mass is 19.2. The standard InChI is InChI=1S/C20H18F4N4O3/c1-9(2)8-13(26-19(29)11-6-4-5-7-12(11)27-28-25)20(30)31-18-15(22)10(3)14(21)16(23)17(18)24/h4-7,9,13H,8H2,1-3H3,(H,26,29)/t13-/m0/s1. The highest BCUT2D eigenvalue weighted by Crippen LogP contribution is 2.30. The van der Waals surface area contributed by atoms with Crippen LogP contribution < -0.4 is 10.1 Å². The van der Waals surface area contributed by atoms with Gasteiger partial charge in [-0.05, 0) is 30.9 Å². The van der Waals surface area contributed by atoms with Crippen LogP contribution in [-0.4, -0.2) is 17.9 Å². The average molecular weight is 438 g/mol. The van der Waals surface area contributed by atoms with Gasteiger partial charge in [0.2, 0.25) is 11.6 Å². The number of nitrogens with one attached hydrogen (secondary N) is 1. The lowest BCUT2D eigenvalue weighted by Crippen LogP contribution is -2.44. The zero-order valence-electron chi connectivity index (χ0n) is 16.7. The SMILES string of the molecule is Cc1c(F)c(F)c(F)c(OC(=O)[C@H](CC(C)C)NC(=O)c2ccccc2N=[N+]=[N-])c1F. The van der Waals surface area contributed by atoms with Crippen molar-refractivity contribution in [2.75, 3.05) is 0 Å². The molecular weight excluding hydrogens is 420 g/mol. The monoisotopic (exact) mass is 438 g/mol. The third-order valence-corrected chi connectivity index (χ3v) is 4.24. The lowest BCUT2D eigenvalue weighted by atomic mass is 10.0. The number of ether oxygens (including phenoxy) is 1. The van der Waals surface area contributed by atoms with E-state index < -0.39 is 52.5 Å². The van der Waals surface area contributed by atoms with Gasteiger partial charge >= 0.3 is 5.97 Å². The molecule has 11 heteroatoms. The predicted octanol–water partition coefficient (Wildman–Crippen LogP) is 5.24. The van der Waals surface area contributed by atoms with E-state index in [-0.39, 0.29) is 23.6 Å². The minimum atomic E-state index is -2.00. The number of carbonyl (C=O) groups is 2. The van der Waals surface area contributed by atoms with Crippen LogP contribution in [0, 0.1) is 36.1 Å². The average Bonchev–Trinajstić information content (AvgIpc) is 2.73. The minimum Gasteiger partial charge on any atom is -0.419 e. The van der Waals surface area contributed by atoms with Crippen molar-refractivity contribution in [3.8, 4) is 5.75 Å². The minimum absolute atomic E-state index is 0.000154. The van der Waals surface area contributed by atoms with Crippen LogP contribution in [0.2, 0.25) is 0 Å². The van der Waals surface area contributed by atoms with E-state index in [9.17, 15) is 27.2 Å². The van der Waals surface area contributed by atoms with E-state index in [4.69, 9.17) is 5.53 Å². The van der Waals surface area contributed by atoms with E-state index in [1.165, 1.54) is 24.3 Å². The summed E-state index contributed by atoms with van der Waals surface area (Å²) in [5, 5.41) is 5.74. The Kier molecular flexibility index (Phi) is 7.60. The highest BCUT2D eigenvalue weighted by Gasteiger charge is 2.30. The van der Waals surface area contributed by atoms with Crippen LogP contribution in [0.25, 0.3) is 10.4 Å². The van der Waals surface area contributed by atoms with Crippen molar-refractivity contribution in [1.82, 2.24) is 5.32 Å². The number of carbonyl (C=O) groups excluding carboxylic acids is 2. The summed E-state index contributed by atoms with van der Waals surface area (Å²) < 4.78 is 60.0. The number of hydrogen-bond acceptors (Lipinski definition) is 4. The number of esters is 1. The molecule has 0 radical (unpaired) electrons. The molecule has 0 saturated carbocycles. The van der Waals surface area contributed by atoms with E-state index in [1.54, 1.807) is 13.8 Å². The number of azide groups is 1. The molecule has 0 aliphatic carbocycles. The largest absolute Gasteiger partial charge is 0.419 e. The Morgan fingerprint density at radius 3 is 2.35 bits per heavy atom. The summed E-state index contributed by atoms with van der Waals surface area (Å²) in [4.78, 5) is 27.8. The first-order valence-corrected chi connectivity index (χ1v) is 9.07. The molecule has 0 heterocycles. The molecule has 0 spiro atoms. The molecule has 0 aromatic heterocycles. The Bertz CT molecular complexity index is 1040. The summed E-state index contributed by atoms with van der Waals surface area (Å²) in [6, 6.07) is 4.35. The first kappa shape index (κ1) is 23.7. The van der Waals surface area contributed by atoms with Gasteiger partial charge in [-0.2, -0.15) is 4.39 Å². The summed E-state index contributed by atoms with van der Waals surface area (Å²) in [5.41, 5.74) is 7.69. The predicted molar refractivity (Wildman–Crippen MR) is 103 cm³/mol. The summed E-state index contributed by atoms with van der Waals surface area (Å²) >= 11 is 0. The molecular formula is C20H18F4N4O3. The Morgan fingerprint density at radius 1 is 1.10 bits per heavy atom. The molecule has 2 rings (SSSR count). The van der Waals surface area contributed by atoms with Crippen molar-refractivity contribution >= 4 is 17.6 Å². The molecule has 2 aromatic carbocycles. The molecule has 1 N–H and O–H groups in total. The molecule has 0 unspecified atom stereocenters. The second-order valence-corrected chi connectivity index (χ2v) is 6.99. The Morgan fingerprint density at radius 2 is 1.74 bits per heavy atom. The molecule has 0 saturated heterocycles. The van der Waals surface area contributed by atoms with Crippen LogP contribution in [0.15, 0.2) is 29.4 Å². The summed E-state index contributed by atoms with van der Waals surface area (Å²) in [6.45, 7) is 4.27. The number of halogens is 4. The number of nitrogens with zero attached hydrogens (tertiary/aromatic N) is 3. The lowest BCUT2D eigenvalue weighted by molar-refractivity contribution is -0.137. The van der Waals surface area contributed by atoms with Gasteiger partial charge in [0.05, 0.1) is 5.69 Å². The van der Waals surface area contributed by atoms with E-state index in [0.29, 0.717) is 0 Å². The van der Waals surface area contributed by atoms with Gasteiger partial charge in [0, 0.05) is 16.0 Å². The van der Waals surface area contributed by atoms with E-state index >= 15 is 0 Å². The third-order valence-electron chi connectivity index (χ3n) is 4.24. The van der Waals surface area contributed by atoms with Crippen molar-refractivity contribution in [3.63, 3.8) is 0 Å². The number of benzene rings is 2. The third kappa shape index (κ3) is 5.32. The summed E-state index contributed by atoms with van der Waals surface area (Å²) in [5.74, 6) is -11.0. The van der Waals surface area contributed by atoms with Crippen molar-refractivity contribution in [2.45, 2.75) is 33.2 Å². The van der Waals surface area contributed by atoms with Crippen LogP contribution in [0.5, 0.6) is 5.75 Å². The molecule has 0 fully saturated rings. The van der Waals surface area contributed by atoms with Crippen LogP contribution in [0.3, 0.4) is 0 Å². The number of amides is 1. The van der Waals surface area contributed by atoms with Gasteiger partial charge in [0.25, 0.3) is 5.91 Å². The van der Waals surface area contributed by atoms with E-state index in [0.717, 1.165) is 6.92 Å². The van der Waals surface area contributed by atoms with Crippen molar-refractivity contribution in [3.05, 3.63) is 69.1 Å². The Hall–Kier alpha value is -3.59.